The van der Waals surface area contributed by atoms with E-state index >= 15 is 0 Å². The van der Waals surface area contributed by atoms with Gasteiger partial charge in [0.25, 0.3) is 5.69 Å². The second kappa shape index (κ2) is 5.92. The van der Waals surface area contributed by atoms with Gasteiger partial charge in [0, 0.05) is 18.7 Å². The Morgan fingerprint density at radius 3 is 2.76 bits per heavy atom. The molecule has 0 amide bonds. The lowest BCUT2D eigenvalue weighted by Crippen LogP contribution is -2.34. The molecule has 0 aliphatic heterocycles. The van der Waals surface area contributed by atoms with Crippen LogP contribution in [0.3, 0.4) is 0 Å². The topological polar surface area (TPSA) is 94.1 Å². The SMILES string of the molecule is CC(C)C(N)CNc1ncc([N+](=O)[O-])cc1Br. The Bertz CT molecular complexity index is 411. The lowest BCUT2D eigenvalue weighted by molar-refractivity contribution is -0.385. The molecule has 6 nitrogen and oxygen atoms in total. The molecule has 1 aromatic heterocycles. The Kier molecular flexibility index (Phi) is 4.83. The molecule has 0 saturated carbocycles. The maximum Gasteiger partial charge on any atom is 0.288 e. The van der Waals surface area contributed by atoms with Gasteiger partial charge in [-0.05, 0) is 21.8 Å². The molecule has 1 rings (SSSR count). The highest BCUT2D eigenvalue weighted by Gasteiger charge is 2.12. The lowest BCUT2D eigenvalue weighted by Gasteiger charge is -2.16. The highest BCUT2D eigenvalue weighted by molar-refractivity contribution is 9.10. The third kappa shape index (κ3) is 3.94. The average Bonchev–Trinajstić information content (AvgIpc) is 2.26. The van der Waals surface area contributed by atoms with E-state index in [1.54, 1.807) is 0 Å². The minimum absolute atomic E-state index is 0.0129. The predicted octanol–water partition coefficient (Wildman–Crippen LogP) is 2.15. The monoisotopic (exact) mass is 302 g/mol. The van der Waals surface area contributed by atoms with Crippen LogP contribution in [-0.2, 0) is 0 Å². The molecular formula is C10H15BrN4O2. The van der Waals surface area contributed by atoms with Crippen LogP contribution in [0, 0.1) is 16.0 Å². The summed E-state index contributed by atoms with van der Waals surface area (Å²) in [7, 11) is 0. The number of halogens is 1. The molecule has 0 aliphatic carbocycles. The van der Waals surface area contributed by atoms with Gasteiger partial charge < -0.3 is 11.1 Å². The average molecular weight is 303 g/mol. The molecule has 1 heterocycles. The van der Waals surface area contributed by atoms with E-state index in [1.165, 1.54) is 12.3 Å². The van der Waals surface area contributed by atoms with Gasteiger partial charge in [-0.3, -0.25) is 10.1 Å². The van der Waals surface area contributed by atoms with Crippen molar-refractivity contribution in [2.75, 3.05) is 11.9 Å². The van der Waals surface area contributed by atoms with Gasteiger partial charge in [-0.2, -0.15) is 0 Å². The van der Waals surface area contributed by atoms with E-state index in [9.17, 15) is 10.1 Å². The third-order valence-corrected chi connectivity index (χ3v) is 3.00. The first-order valence-corrected chi connectivity index (χ1v) is 6.00. The second-order valence-electron chi connectivity index (χ2n) is 4.07. The minimum Gasteiger partial charge on any atom is -0.368 e. The van der Waals surface area contributed by atoms with Gasteiger partial charge in [-0.15, -0.1) is 0 Å². The van der Waals surface area contributed by atoms with Gasteiger partial charge in [0.05, 0.1) is 9.40 Å². The first-order valence-electron chi connectivity index (χ1n) is 5.21. The summed E-state index contributed by atoms with van der Waals surface area (Å²) in [4.78, 5) is 14.0. The van der Waals surface area contributed by atoms with Gasteiger partial charge >= 0.3 is 0 Å². The summed E-state index contributed by atoms with van der Waals surface area (Å²) in [6.45, 7) is 4.64. The van der Waals surface area contributed by atoms with E-state index < -0.39 is 4.92 Å². The summed E-state index contributed by atoms with van der Waals surface area (Å²) in [5.41, 5.74) is 5.83. The number of nitro groups is 1. The summed E-state index contributed by atoms with van der Waals surface area (Å²) in [6.07, 6.45) is 1.22. The predicted molar refractivity (Wildman–Crippen MR) is 69.9 cm³/mol. The van der Waals surface area contributed by atoms with Gasteiger partial charge in [-0.25, -0.2) is 4.98 Å². The molecule has 1 aromatic rings. The molecule has 94 valence electrons. The minimum atomic E-state index is -0.485. The molecule has 0 radical (unpaired) electrons. The highest BCUT2D eigenvalue weighted by Crippen LogP contribution is 2.24. The number of nitrogens with zero attached hydrogens (tertiary/aromatic N) is 2. The van der Waals surface area contributed by atoms with Crippen molar-refractivity contribution in [3.05, 3.63) is 26.9 Å². The van der Waals surface area contributed by atoms with Crippen molar-refractivity contribution in [3.8, 4) is 0 Å². The van der Waals surface area contributed by atoms with Crippen LogP contribution in [0.25, 0.3) is 0 Å². The zero-order valence-electron chi connectivity index (χ0n) is 9.68. The van der Waals surface area contributed by atoms with Crippen LogP contribution in [0.2, 0.25) is 0 Å². The van der Waals surface area contributed by atoms with Crippen LogP contribution in [-0.4, -0.2) is 22.5 Å². The molecular weight excluding hydrogens is 288 g/mol. The van der Waals surface area contributed by atoms with Crippen molar-refractivity contribution >= 4 is 27.4 Å². The molecule has 7 heteroatoms. The quantitative estimate of drug-likeness (QED) is 0.642. The van der Waals surface area contributed by atoms with Crippen LogP contribution >= 0.6 is 15.9 Å². The molecule has 0 saturated heterocycles. The van der Waals surface area contributed by atoms with E-state index in [-0.39, 0.29) is 11.7 Å². The number of hydrogen-bond acceptors (Lipinski definition) is 5. The van der Waals surface area contributed by atoms with Crippen molar-refractivity contribution in [1.82, 2.24) is 4.98 Å². The molecule has 17 heavy (non-hydrogen) atoms. The Morgan fingerprint density at radius 2 is 2.29 bits per heavy atom. The van der Waals surface area contributed by atoms with E-state index in [0.717, 1.165) is 0 Å². The highest BCUT2D eigenvalue weighted by atomic mass is 79.9. The molecule has 1 unspecified atom stereocenters. The summed E-state index contributed by atoms with van der Waals surface area (Å²) in [6, 6.07) is 1.43. The van der Waals surface area contributed by atoms with Crippen molar-refractivity contribution < 1.29 is 4.92 Å². The van der Waals surface area contributed by atoms with E-state index in [1.807, 2.05) is 13.8 Å². The van der Waals surface area contributed by atoms with E-state index in [2.05, 4.69) is 26.2 Å². The van der Waals surface area contributed by atoms with Gasteiger partial charge in [0.2, 0.25) is 0 Å². The number of rotatable bonds is 5. The van der Waals surface area contributed by atoms with Gasteiger partial charge in [0.1, 0.15) is 12.0 Å². The Hall–Kier alpha value is -1.21. The first-order chi connectivity index (χ1) is 7.91. The van der Waals surface area contributed by atoms with Crippen LogP contribution in [0.4, 0.5) is 11.5 Å². The largest absolute Gasteiger partial charge is 0.368 e. The molecule has 0 fully saturated rings. The Balaban J connectivity index is 2.70. The smallest absolute Gasteiger partial charge is 0.288 e. The summed E-state index contributed by atoms with van der Waals surface area (Å²) in [5, 5.41) is 13.6. The van der Waals surface area contributed by atoms with Gasteiger partial charge in [-0.1, -0.05) is 13.8 Å². The summed E-state index contributed by atoms with van der Waals surface area (Å²) in [5.74, 6) is 0.922. The third-order valence-electron chi connectivity index (χ3n) is 2.40. The van der Waals surface area contributed by atoms with Crippen LogP contribution in [0.5, 0.6) is 0 Å². The first kappa shape index (κ1) is 13.9. The second-order valence-corrected chi connectivity index (χ2v) is 4.92. The number of hydrogen-bond donors (Lipinski definition) is 2. The Labute approximate surface area is 108 Å². The summed E-state index contributed by atoms with van der Waals surface area (Å²) >= 11 is 3.23. The zero-order chi connectivity index (χ0) is 13.0. The van der Waals surface area contributed by atoms with Crippen molar-refractivity contribution in [1.29, 1.82) is 0 Å². The van der Waals surface area contributed by atoms with Crippen LogP contribution in [0.1, 0.15) is 13.8 Å². The van der Waals surface area contributed by atoms with Crippen molar-refractivity contribution in [2.45, 2.75) is 19.9 Å². The fraction of sp³-hybridized carbons (Fsp3) is 0.500. The standard InChI is InChI=1S/C10H15BrN4O2/c1-6(2)9(12)5-14-10-8(11)3-7(4-13-10)15(16)17/h3-4,6,9H,5,12H2,1-2H3,(H,13,14). The fourth-order valence-corrected chi connectivity index (χ4v) is 1.59. The lowest BCUT2D eigenvalue weighted by atomic mass is 10.1. The molecule has 3 N–H and O–H groups in total. The molecule has 0 aromatic carbocycles. The number of nitrogens with one attached hydrogen (secondary N) is 1. The normalized spacial score (nSPS) is 12.5. The molecule has 0 bridgehead atoms. The van der Waals surface area contributed by atoms with Crippen LogP contribution < -0.4 is 11.1 Å². The number of aromatic nitrogens is 1. The zero-order valence-corrected chi connectivity index (χ0v) is 11.3. The Morgan fingerprint density at radius 1 is 1.65 bits per heavy atom. The maximum atomic E-state index is 10.5. The number of anilines is 1. The van der Waals surface area contributed by atoms with Crippen molar-refractivity contribution in [2.24, 2.45) is 11.7 Å². The number of pyridine rings is 1. The molecule has 1 atom stereocenters. The van der Waals surface area contributed by atoms with Gasteiger partial charge in [0.15, 0.2) is 0 Å². The molecule has 0 spiro atoms. The number of nitrogens with two attached hydrogens (primary N) is 1. The fourth-order valence-electron chi connectivity index (χ4n) is 1.11. The van der Waals surface area contributed by atoms with E-state index in [4.69, 9.17) is 5.73 Å². The maximum absolute atomic E-state index is 10.5. The molecule has 0 aliphatic rings. The summed E-state index contributed by atoms with van der Waals surface area (Å²) < 4.78 is 0.558. The van der Waals surface area contributed by atoms with E-state index in [0.29, 0.717) is 22.8 Å². The van der Waals surface area contributed by atoms with Crippen LogP contribution in [0.15, 0.2) is 16.7 Å². The van der Waals surface area contributed by atoms with Crippen molar-refractivity contribution in [3.63, 3.8) is 0 Å².